The summed E-state index contributed by atoms with van der Waals surface area (Å²) in [4.78, 5) is 7.96. The molecule has 0 radical (unpaired) electrons. The maximum Gasteiger partial charge on any atom is 0.239 e. The van der Waals surface area contributed by atoms with E-state index in [2.05, 4.69) is 20.7 Å². The highest BCUT2D eigenvalue weighted by atomic mass is 32.2. The molecule has 0 amide bonds. The molecule has 0 atom stereocenters. The van der Waals surface area contributed by atoms with Crippen LogP contribution in [0.3, 0.4) is 0 Å². The van der Waals surface area contributed by atoms with E-state index >= 15 is 0 Å². The van der Waals surface area contributed by atoms with Crippen molar-refractivity contribution in [3.8, 4) is 0 Å². The summed E-state index contributed by atoms with van der Waals surface area (Å²) in [6.45, 7) is 1.95. The summed E-state index contributed by atoms with van der Waals surface area (Å²) in [6, 6.07) is 1.67. The van der Waals surface area contributed by atoms with Gasteiger partial charge in [-0.1, -0.05) is 0 Å². The van der Waals surface area contributed by atoms with Gasteiger partial charge >= 0.3 is 0 Å². The van der Waals surface area contributed by atoms with Crippen molar-refractivity contribution >= 4 is 21.8 Å². The third kappa shape index (κ3) is 4.38. The number of aryl methyl sites for hydroxylation is 1. The molecule has 6 N–H and O–H groups in total. The van der Waals surface area contributed by atoms with E-state index < -0.39 is 10.0 Å². The van der Waals surface area contributed by atoms with Gasteiger partial charge in [0.05, 0.1) is 5.75 Å². The second-order valence-corrected chi connectivity index (χ2v) is 4.89. The van der Waals surface area contributed by atoms with Crippen molar-refractivity contribution in [3.63, 3.8) is 0 Å². The van der Waals surface area contributed by atoms with Gasteiger partial charge in [-0.3, -0.25) is 5.43 Å². The second kappa shape index (κ2) is 5.05. The minimum absolute atomic E-state index is 0.165. The van der Waals surface area contributed by atoms with Gasteiger partial charge in [0.15, 0.2) is 0 Å². The Balaban J connectivity index is 2.63. The standard InChI is InChI=1S/C7H14N6O2S/c1-5-4-6(12-7(11-5)13-8)10-2-3-16(9,14)15/h4H,2-3,8H2,1H3,(H2,9,14,15)(H2,10,11,12,13). The molecule has 0 saturated carbocycles. The van der Waals surface area contributed by atoms with Crippen molar-refractivity contribution in [2.24, 2.45) is 11.0 Å². The topological polar surface area (TPSA) is 136 Å². The fourth-order valence-corrected chi connectivity index (χ4v) is 1.43. The predicted molar refractivity (Wildman–Crippen MR) is 61.0 cm³/mol. The molecular weight excluding hydrogens is 232 g/mol. The molecule has 1 heterocycles. The van der Waals surface area contributed by atoms with Crippen LogP contribution in [0.2, 0.25) is 0 Å². The summed E-state index contributed by atoms with van der Waals surface area (Å²) in [5.74, 6) is 5.75. The van der Waals surface area contributed by atoms with Crippen LogP contribution in [0.25, 0.3) is 0 Å². The molecule has 16 heavy (non-hydrogen) atoms. The van der Waals surface area contributed by atoms with Crippen molar-refractivity contribution in [1.29, 1.82) is 0 Å². The summed E-state index contributed by atoms with van der Waals surface area (Å²) in [7, 11) is -3.47. The Morgan fingerprint density at radius 1 is 1.44 bits per heavy atom. The fraction of sp³-hybridized carbons (Fsp3) is 0.429. The first-order chi connectivity index (χ1) is 7.40. The van der Waals surface area contributed by atoms with Gasteiger partial charge in [0, 0.05) is 18.3 Å². The largest absolute Gasteiger partial charge is 0.369 e. The lowest BCUT2D eigenvalue weighted by molar-refractivity contribution is 0.598. The molecule has 0 aliphatic rings. The number of hydrogen-bond donors (Lipinski definition) is 4. The van der Waals surface area contributed by atoms with Gasteiger partial charge in [-0.25, -0.2) is 24.4 Å². The molecule has 0 spiro atoms. The van der Waals surface area contributed by atoms with Gasteiger partial charge in [0.25, 0.3) is 0 Å². The monoisotopic (exact) mass is 246 g/mol. The Morgan fingerprint density at radius 2 is 2.12 bits per heavy atom. The van der Waals surface area contributed by atoms with E-state index in [9.17, 15) is 8.42 Å². The Kier molecular flexibility index (Phi) is 3.99. The van der Waals surface area contributed by atoms with Crippen LogP contribution < -0.4 is 21.7 Å². The lowest BCUT2D eigenvalue weighted by Gasteiger charge is -2.07. The summed E-state index contributed by atoms with van der Waals surface area (Å²) in [5, 5.41) is 7.66. The molecule has 1 rings (SSSR count). The average Bonchev–Trinajstić information content (AvgIpc) is 2.14. The average molecular weight is 246 g/mol. The first-order valence-electron chi connectivity index (χ1n) is 4.47. The van der Waals surface area contributed by atoms with E-state index in [1.165, 1.54) is 0 Å². The van der Waals surface area contributed by atoms with Crippen LogP contribution in [0, 0.1) is 6.92 Å². The lowest BCUT2D eigenvalue weighted by Crippen LogP contribution is -2.23. The number of hydrazine groups is 1. The number of rotatable bonds is 5. The molecule has 0 aliphatic carbocycles. The number of nitrogen functional groups attached to an aromatic ring is 1. The number of nitrogens with one attached hydrogen (secondary N) is 2. The van der Waals surface area contributed by atoms with Crippen molar-refractivity contribution < 1.29 is 8.42 Å². The van der Waals surface area contributed by atoms with E-state index in [0.29, 0.717) is 11.5 Å². The van der Waals surface area contributed by atoms with Crippen LogP contribution in [0.1, 0.15) is 5.69 Å². The summed E-state index contributed by atoms with van der Waals surface area (Å²) in [6.07, 6.45) is 0. The van der Waals surface area contributed by atoms with Gasteiger partial charge in [-0.05, 0) is 6.92 Å². The van der Waals surface area contributed by atoms with E-state index in [1.54, 1.807) is 13.0 Å². The van der Waals surface area contributed by atoms with E-state index in [0.717, 1.165) is 0 Å². The van der Waals surface area contributed by atoms with Crippen LogP contribution in [-0.2, 0) is 10.0 Å². The normalized spacial score (nSPS) is 11.2. The summed E-state index contributed by atoms with van der Waals surface area (Å²) >= 11 is 0. The number of primary sulfonamides is 1. The number of hydrogen-bond acceptors (Lipinski definition) is 7. The molecule has 0 bridgehead atoms. The Hall–Kier alpha value is -1.45. The van der Waals surface area contributed by atoms with Crippen molar-refractivity contribution in [2.75, 3.05) is 23.0 Å². The lowest BCUT2D eigenvalue weighted by atomic mass is 10.4. The van der Waals surface area contributed by atoms with Crippen LogP contribution in [0.15, 0.2) is 6.07 Å². The molecule has 0 aliphatic heterocycles. The fourth-order valence-electron chi connectivity index (χ4n) is 1.05. The Bertz CT molecular complexity index is 460. The number of sulfonamides is 1. The third-order valence-corrected chi connectivity index (χ3v) is 2.45. The Labute approximate surface area is 93.5 Å². The van der Waals surface area contributed by atoms with E-state index in [-0.39, 0.29) is 18.2 Å². The smallest absolute Gasteiger partial charge is 0.239 e. The zero-order valence-electron chi connectivity index (χ0n) is 8.77. The third-order valence-electron chi connectivity index (χ3n) is 1.68. The molecule has 1 aromatic heterocycles. The van der Waals surface area contributed by atoms with E-state index in [4.69, 9.17) is 11.0 Å². The SMILES string of the molecule is Cc1cc(NCCS(N)(=O)=O)nc(NN)n1. The molecule has 8 nitrogen and oxygen atoms in total. The second-order valence-electron chi connectivity index (χ2n) is 3.16. The molecular formula is C7H14N6O2S. The van der Waals surface area contributed by atoms with Crippen molar-refractivity contribution in [1.82, 2.24) is 9.97 Å². The van der Waals surface area contributed by atoms with Crippen LogP contribution in [0.4, 0.5) is 11.8 Å². The molecule has 9 heteroatoms. The van der Waals surface area contributed by atoms with Crippen LogP contribution in [0.5, 0.6) is 0 Å². The first kappa shape index (κ1) is 12.6. The van der Waals surface area contributed by atoms with Gasteiger partial charge in [-0.15, -0.1) is 0 Å². The molecule has 1 aromatic rings. The molecule has 0 unspecified atom stereocenters. The summed E-state index contributed by atoms with van der Waals surface area (Å²) in [5.41, 5.74) is 3.02. The Morgan fingerprint density at radius 3 is 2.69 bits per heavy atom. The highest BCUT2D eigenvalue weighted by Gasteiger charge is 2.04. The summed E-state index contributed by atoms with van der Waals surface area (Å²) < 4.78 is 21.4. The maximum atomic E-state index is 10.7. The molecule has 0 fully saturated rings. The predicted octanol–water partition coefficient (Wildman–Crippen LogP) is -1.23. The number of aromatic nitrogens is 2. The first-order valence-corrected chi connectivity index (χ1v) is 6.19. The minimum Gasteiger partial charge on any atom is -0.369 e. The van der Waals surface area contributed by atoms with Crippen LogP contribution in [-0.4, -0.2) is 30.7 Å². The molecule has 90 valence electrons. The molecule has 0 saturated heterocycles. The number of nitrogens with zero attached hydrogens (tertiary/aromatic N) is 2. The quantitative estimate of drug-likeness (QED) is 0.377. The molecule has 0 aromatic carbocycles. The van der Waals surface area contributed by atoms with Crippen molar-refractivity contribution in [2.45, 2.75) is 6.92 Å². The van der Waals surface area contributed by atoms with Crippen LogP contribution >= 0.6 is 0 Å². The van der Waals surface area contributed by atoms with Gasteiger partial charge in [-0.2, -0.15) is 4.98 Å². The van der Waals surface area contributed by atoms with Gasteiger partial charge < -0.3 is 5.32 Å². The number of nitrogens with two attached hydrogens (primary N) is 2. The van der Waals surface area contributed by atoms with Gasteiger partial charge in [0.2, 0.25) is 16.0 Å². The van der Waals surface area contributed by atoms with E-state index in [1.807, 2.05) is 0 Å². The van der Waals surface area contributed by atoms with Gasteiger partial charge in [0.1, 0.15) is 5.82 Å². The number of anilines is 2. The highest BCUT2D eigenvalue weighted by molar-refractivity contribution is 7.89. The zero-order chi connectivity index (χ0) is 12.2. The highest BCUT2D eigenvalue weighted by Crippen LogP contribution is 2.07. The minimum atomic E-state index is -3.47. The zero-order valence-corrected chi connectivity index (χ0v) is 9.58. The maximum absolute atomic E-state index is 10.7. The van der Waals surface area contributed by atoms with Crippen molar-refractivity contribution in [3.05, 3.63) is 11.8 Å².